The molecule has 3 aromatic carbocycles. The van der Waals surface area contributed by atoms with Gasteiger partial charge in [-0.15, -0.1) is 0 Å². The van der Waals surface area contributed by atoms with Crippen molar-refractivity contribution in [3.05, 3.63) is 115 Å². The summed E-state index contributed by atoms with van der Waals surface area (Å²) >= 11 is 0. The molecular weight excluding hydrogens is 468 g/mol. The second-order valence-electron chi connectivity index (χ2n) is 8.19. The van der Waals surface area contributed by atoms with Crippen LogP contribution in [0.25, 0.3) is 21.9 Å². The highest BCUT2D eigenvalue weighted by atomic mass is 16.6. The Labute approximate surface area is 202 Å². The van der Waals surface area contributed by atoms with Gasteiger partial charge in [0, 0.05) is 51.9 Å². The first kappa shape index (κ1) is 22.7. The van der Waals surface area contributed by atoms with E-state index >= 15 is 0 Å². The number of hydrogen-bond donors (Lipinski definition) is 0. The molecule has 0 saturated heterocycles. The number of aryl methyl sites for hydroxylation is 2. The number of nitro benzene ring substituents is 2. The number of hydrogen-bond acceptors (Lipinski definition) is 8. The fraction of sp³-hybridized carbons (Fsp3) is 0.0769. The number of non-ortho nitro benzene ring substituents is 2. The van der Waals surface area contributed by atoms with Gasteiger partial charge in [0.1, 0.15) is 11.2 Å². The molecule has 0 aliphatic carbocycles. The van der Waals surface area contributed by atoms with E-state index in [1.165, 1.54) is 48.5 Å². The van der Waals surface area contributed by atoms with Crippen LogP contribution in [0.5, 0.6) is 0 Å². The Bertz CT molecular complexity index is 1720. The van der Waals surface area contributed by atoms with Crippen molar-refractivity contribution in [2.45, 2.75) is 13.8 Å². The first-order valence-electron chi connectivity index (χ1n) is 10.7. The van der Waals surface area contributed by atoms with Crippen molar-refractivity contribution in [3.63, 3.8) is 0 Å². The number of rotatable bonds is 6. The normalized spacial score (nSPS) is 11.2. The van der Waals surface area contributed by atoms with Gasteiger partial charge in [0.15, 0.2) is 11.5 Å². The van der Waals surface area contributed by atoms with E-state index in [9.17, 15) is 29.8 Å². The van der Waals surface area contributed by atoms with Crippen molar-refractivity contribution >= 4 is 44.9 Å². The molecule has 36 heavy (non-hydrogen) atoms. The lowest BCUT2D eigenvalue weighted by molar-refractivity contribution is -0.385. The van der Waals surface area contributed by atoms with Crippen LogP contribution < -0.4 is 0 Å². The van der Waals surface area contributed by atoms with Gasteiger partial charge in [-0.3, -0.25) is 29.8 Å². The molecule has 0 fully saturated rings. The van der Waals surface area contributed by atoms with Crippen LogP contribution in [0.15, 0.2) is 69.5 Å². The number of carbonyl (C=O) groups excluding carboxylic acids is 2. The summed E-state index contributed by atoms with van der Waals surface area (Å²) < 4.78 is 11.8. The topological polar surface area (TPSA) is 147 Å². The van der Waals surface area contributed by atoms with Crippen LogP contribution in [0.2, 0.25) is 0 Å². The van der Waals surface area contributed by atoms with Crippen LogP contribution in [0.3, 0.4) is 0 Å². The zero-order chi connectivity index (χ0) is 25.7. The average molecular weight is 484 g/mol. The molecule has 0 saturated carbocycles. The molecule has 5 aromatic rings. The predicted octanol–water partition coefficient (Wildman–Crippen LogP) is 6.07. The number of benzene rings is 3. The third kappa shape index (κ3) is 3.52. The fourth-order valence-electron chi connectivity index (χ4n) is 4.17. The Hall–Kier alpha value is -5.12. The van der Waals surface area contributed by atoms with Crippen LogP contribution in [-0.2, 0) is 0 Å². The summed E-state index contributed by atoms with van der Waals surface area (Å²) in [5.41, 5.74) is 2.04. The first-order valence-corrected chi connectivity index (χ1v) is 10.7. The maximum Gasteiger partial charge on any atom is 0.269 e. The van der Waals surface area contributed by atoms with E-state index in [0.29, 0.717) is 33.1 Å². The van der Waals surface area contributed by atoms with Gasteiger partial charge in [0.05, 0.1) is 15.2 Å². The summed E-state index contributed by atoms with van der Waals surface area (Å²) in [4.78, 5) is 46.9. The highest BCUT2D eigenvalue weighted by Gasteiger charge is 2.26. The SMILES string of the molecule is Cc1c(C(=O)c2ccc([N+](=O)[O-])cc2)oc2c1ccc1oc(C(=O)c3ccc([N+](=O)[O-])cc3)c(C)c12. The van der Waals surface area contributed by atoms with Crippen LogP contribution >= 0.6 is 0 Å². The number of fused-ring (bicyclic) bond motifs is 3. The van der Waals surface area contributed by atoms with Gasteiger partial charge in [-0.2, -0.15) is 0 Å². The van der Waals surface area contributed by atoms with Gasteiger partial charge >= 0.3 is 0 Å². The lowest BCUT2D eigenvalue weighted by atomic mass is 10.0. The molecule has 178 valence electrons. The van der Waals surface area contributed by atoms with E-state index in [1.54, 1.807) is 26.0 Å². The Kier molecular flexibility index (Phi) is 5.21. The number of furan rings is 2. The van der Waals surface area contributed by atoms with Gasteiger partial charge in [-0.1, -0.05) is 0 Å². The first-order chi connectivity index (χ1) is 17.2. The second kappa shape index (κ2) is 8.27. The molecule has 0 spiro atoms. The zero-order valence-corrected chi connectivity index (χ0v) is 18.9. The summed E-state index contributed by atoms with van der Waals surface area (Å²) in [7, 11) is 0. The summed E-state index contributed by atoms with van der Waals surface area (Å²) in [6, 6.07) is 13.9. The molecule has 10 heteroatoms. The van der Waals surface area contributed by atoms with E-state index in [-0.39, 0.29) is 34.0 Å². The third-order valence-corrected chi connectivity index (χ3v) is 6.09. The largest absolute Gasteiger partial charge is 0.452 e. The lowest BCUT2D eigenvalue weighted by Crippen LogP contribution is -2.02. The Balaban J connectivity index is 1.59. The molecule has 0 radical (unpaired) electrons. The number of carbonyl (C=O) groups is 2. The molecule has 10 nitrogen and oxygen atoms in total. The minimum absolute atomic E-state index is 0.0589. The van der Waals surface area contributed by atoms with Gasteiger partial charge in [-0.25, -0.2) is 0 Å². The van der Waals surface area contributed by atoms with E-state index in [2.05, 4.69) is 0 Å². The van der Waals surface area contributed by atoms with Crippen LogP contribution in [0.1, 0.15) is 43.4 Å². The Morgan fingerprint density at radius 1 is 0.667 bits per heavy atom. The molecule has 2 heterocycles. The molecule has 0 amide bonds. The lowest BCUT2D eigenvalue weighted by Gasteiger charge is -1.99. The molecular formula is C26H16N2O8. The second-order valence-corrected chi connectivity index (χ2v) is 8.19. The van der Waals surface area contributed by atoms with Crippen molar-refractivity contribution < 1.29 is 28.3 Å². The fourth-order valence-corrected chi connectivity index (χ4v) is 4.17. The van der Waals surface area contributed by atoms with Crippen molar-refractivity contribution in [1.29, 1.82) is 0 Å². The van der Waals surface area contributed by atoms with Gasteiger partial charge in [0.2, 0.25) is 11.6 Å². The maximum absolute atomic E-state index is 13.1. The van der Waals surface area contributed by atoms with E-state index < -0.39 is 21.4 Å². The van der Waals surface area contributed by atoms with Gasteiger partial charge in [0.25, 0.3) is 11.4 Å². The molecule has 0 aliphatic rings. The van der Waals surface area contributed by atoms with Crippen molar-refractivity contribution in [3.8, 4) is 0 Å². The third-order valence-electron chi connectivity index (χ3n) is 6.09. The van der Waals surface area contributed by atoms with Crippen molar-refractivity contribution in [2.24, 2.45) is 0 Å². The molecule has 0 atom stereocenters. The molecule has 2 aromatic heterocycles. The molecule has 0 bridgehead atoms. The quantitative estimate of drug-likeness (QED) is 0.160. The minimum atomic E-state index is -0.549. The Morgan fingerprint density at radius 2 is 1.14 bits per heavy atom. The molecule has 0 unspecified atom stereocenters. The van der Waals surface area contributed by atoms with Crippen LogP contribution in [0.4, 0.5) is 11.4 Å². The van der Waals surface area contributed by atoms with E-state index in [1.807, 2.05) is 0 Å². The monoisotopic (exact) mass is 484 g/mol. The highest BCUT2D eigenvalue weighted by molar-refractivity contribution is 6.16. The molecule has 0 N–H and O–H groups in total. The van der Waals surface area contributed by atoms with Crippen LogP contribution in [0, 0.1) is 34.1 Å². The number of ketones is 2. The van der Waals surface area contributed by atoms with Crippen molar-refractivity contribution in [2.75, 3.05) is 0 Å². The standard InChI is InChI=1S/C26H16N2O8/c1-13-19-11-12-20-21(14(2)25(35-20)23(30)16-5-9-18(10-6-16)28(33)34)26(19)36-24(13)22(29)15-3-7-17(8-4-15)27(31)32/h3-12H,1-2H3. The smallest absolute Gasteiger partial charge is 0.269 e. The predicted molar refractivity (Wildman–Crippen MR) is 129 cm³/mol. The van der Waals surface area contributed by atoms with Gasteiger partial charge < -0.3 is 8.83 Å². The summed E-state index contributed by atoms with van der Waals surface area (Å²) in [6.45, 7) is 3.42. The zero-order valence-electron chi connectivity index (χ0n) is 18.9. The molecule has 0 aliphatic heterocycles. The number of nitrogens with zero attached hydrogens (tertiary/aromatic N) is 2. The van der Waals surface area contributed by atoms with Crippen LogP contribution in [-0.4, -0.2) is 21.4 Å². The molecule has 5 rings (SSSR count). The van der Waals surface area contributed by atoms with Crippen molar-refractivity contribution in [1.82, 2.24) is 0 Å². The summed E-state index contributed by atoms with van der Waals surface area (Å²) in [5.74, 6) is -0.744. The number of nitro groups is 2. The Morgan fingerprint density at radius 3 is 1.61 bits per heavy atom. The average Bonchev–Trinajstić information content (AvgIpc) is 3.40. The van der Waals surface area contributed by atoms with E-state index in [4.69, 9.17) is 8.83 Å². The highest BCUT2D eigenvalue weighted by Crippen LogP contribution is 2.37. The maximum atomic E-state index is 13.1. The summed E-state index contributed by atoms with van der Waals surface area (Å²) in [6.07, 6.45) is 0. The van der Waals surface area contributed by atoms with E-state index in [0.717, 1.165) is 0 Å². The van der Waals surface area contributed by atoms with Gasteiger partial charge in [-0.05, 0) is 50.2 Å². The summed E-state index contributed by atoms with van der Waals surface area (Å²) in [5, 5.41) is 23.0. The minimum Gasteiger partial charge on any atom is -0.452 e.